The minimum atomic E-state index is -3.24. The summed E-state index contributed by atoms with van der Waals surface area (Å²) in [5.41, 5.74) is -0.591. The maximum atomic E-state index is 11.8. The average Bonchev–Trinajstić information content (AvgIpc) is 2.18. The summed E-state index contributed by atoms with van der Waals surface area (Å²) in [7, 11) is 0. The Bertz CT molecular complexity index is 397. The van der Waals surface area contributed by atoms with Gasteiger partial charge in [0.05, 0.1) is 0 Å². The van der Waals surface area contributed by atoms with E-state index in [1.165, 1.54) is 0 Å². The molecule has 0 spiro atoms. The van der Waals surface area contributed by atoms with Gasteiger partial charge in [-0.05, 0) is 0 Å². The minimum Gasteiger partial charge on any atom is -0.476 e. The highest BCUT2D eigenvalue weighted by molar-refractivity contribution is 5.98. The van der Waals surface area contributed by atoms with Crippen molar-refractivity contribution in [1.29, 1.82) is 0 Å². The van der Waals surface area contributed by atoms with Crippen LogP contribution in [0, 0.1) is 0 Å². The van der Waals surface area contributed by atoms with Crippen LogP contribution in [0.5, 0.6) is 0 Å². The molecule has 0 radical (unpaired) electrons. The Kier molecular flexibility index (Phi) is 3.21. The van der Waals surface area contributed by atoms with Gasteiger partial charge in [-0.3, -0.25) is 4.79 Å². The lowest BCUT2D eigenvalue weighted by Gasteiger charge is -2.04. The molecule has 2 N–H and O–H groups in total. The van der Waals surface area contributed by atoms with Crippen molar-refractivity contribution in [2.75, 3.05) is 5.32 Å². The number of nitrogens with zero attached hydrogens (tertiary/aromatic N) is 2. The normalized spacial score (nSPS) is 10.1. The van der Waals surface area contributed by atoms with E-state index in [1.807, 2.05) is 0 Å². The second-order valence-electron chi connectivity index (χ2n) is 2.35. The lowest BCUT2D eigenvalue weighted by Crippen LogP contribution is -2.22. The summed E-state index contributed by atoms with van der Waals surface area (Å²) < 4.78 is 23.7. The van der Waals surface area contributed by atoms with Crippen LogP contribution in [0.4, 0.5) is 14.6 Å². The first-order valence-corrected chi connectivity index (χ1v) is 3.65. The van der Waals surface area contributed by atoms with Gasteiger partial charge in [-0.15, -0.1) is 0 Å². The quantitative estimate of drug-likeness (QED) is 0.763. The highest BCUT2D eigenvalue weighted by atomic mass is 19.3. The van der Waals surface area contributed by atoms with E-state index in [0.717, 1.165) is 12.4 Å². The van der Waals surface area contributed by atoms with Crippen molar-refractivity contribution < 1.29 is 23.5 Å². The standard InChI is InChI=1S/C7H5F2N3O3/c8-4(9)6(13)12-5-3(7(14)15)10-1-2-11-5/h1-2,4H,(H,14,15)(H,11,12,13). The van der Waals surface area contributed by atoms with E-state index < -0.39 is 29.8 Å². The van der Waals surface area contributed by atoms with Crippen LogP contribution in [0.25, 0.3) is 0 Å². The van der Waals surface area contributed by atoms with Gasteiger partial charge < -0.3 is 10.4 Å². The third-order valence-corrected chi connectivity index (χ3v) is 1.34. The molecule has 1 heterocycles. The third-order valence-electron chi connectivity index (χ3n) is 1.34. The van der Waals surface area contributed by atoms with Crippen molar-refractivity contribution in [3.05, 3.63) is 18.1 Å². The van der Waals surface area contributed by atoms with Crippen LogP contribution in [0.15, 0.2) is 12.4 Å². The summed E-state index contributed by atoms with van der Waals surface area (Å²) in [6.45, 7) is 0. The fraction of sp³-hybridized carbons (Fsp3) is 0.143. The fourth-order valence-corrected chi connectivity index (χ4v) is 0.757. The summed E-state index contributed by atoms with van der Waals surface area (Å²) >= 11 is 0. The molecule has 0 saturated heterocycles. The van der Waals surface area contributed by atoms with Crippen LogP contribution in [0.2, 0.25) is 0 Å². The summed E-state index contributed by atoms with van der Waals surface area (Å²) in [4.78, 5) is 27.9. The molecule has 0 aliphatic carbocycles. The molecule has 1 rings (SSSR count). The Labute approximate surface area is 82.0 Å². The maximum Gasteiger partial charge on any atom is 0.358 e. The first-order chi connectivity index (χ1) is 7.02. The van der Waals surface area contributed by atoms with Crippen LogP contribution in [-0.4, -0.2) is 33.4 Å². The smallest absolute Gasteiger partial charge is 0.358 e. The Hall–Kier alpha value is -2.12. The van der Waals surface area contributed by atoms with Crippen LogP contribution in [0.1, 0.15) is 10.5 Å². The monoisotopic (exact) mass is 217 g/mol. The van der Waals surface area contributed by atoms with Crippen LogP contribution >= 0.6 is 0 Å². The fourth-order valence-electron chi connectivity index (χ4n) is 0.757. The van der Waals surface area contributed by atoms with Gasteiger partial charge in [-0.2, -0.15) is 8.78 Å². The van der Waals surface area contributed by atoms with Crippen LogP contribution < -0.4 is 5.32 Å². The Morgan fingerprint density at radius 3 is 2.47 bits per heavy atom. The molecule has 0 fully saturated rings. The zero-order chi connectivity index (χ0) is 11.4. The Morgan fingerprint density at radius 1 is 1.33 bits per heavy atom. The number of carboxylic acid groups (broad SMARTS) is 1. The van der Waals surface area contributed by atoms with E-state index in [-0.39, 0.29) is 0 Å². The molecule has 8 heteroatoms. The van der Waals surface area contributed by atoms with Crippen molar-refractivity contribution in [2.45, 2.75) is 6.43 Å². The van der Waals surface area contributed by atoms with E-state index in [2.05, 4.69) is 9.97 Å². The molecule has 0 saturated carbocycles. The predicted molar refractivity (Wildman–Crippen MR) is 43.6 cm³/mol. The molecule has 80 valence electrons. The van der Waals surface area contributed by atoms with Crippen LogP contribution in [-0.2, 0) is 4.79 Å². The second-order valence-corrected chi connectivity index (χ2v) is 2.35. The molecule has 0 unspecified atom stereocenters. The largest absolute Gasteiger partial charge is 0.476 e. The van der Waals surface area contributed by atoms with Gasteiger partial charge in [0.1, 0.15) is 0 Å². The lowest BCUT2D eigenvalue weighted by molar-refractivity contribution is -0.126. The first-order valence-electron chi connectivity index (χ1n) is 3.65. The van der Waals surface area contributed by atoms with Crippen LogP contribution in [0.3, 0.4) is 0 Å². The molecule has 0 bridgehead atoms. The zero-order valence-corrected chi connectivity index (χ0v) is 7.15. The molecule has 0 aliphatic rings. The zero-order valence-electron chi connectivity index (χ0n) is 7.15. The molecule has 1 aromatic rings. The maximum absolute atomic E-state index is 11.8. The van der Waals surface area contributed by atoms with Gasteiger partial charge in [0.2, 0.25) is 0 Å². The molecule has 0 atom stereocenters. The highest BCUT2D eigenvalue weighted by Gasteiger charge is 2.20. The van der Waals surface area contributed by atoms with Crippen molar-refractivity contribution in [2.24, 2.45) is 0 Å². The number of nitrogens with one attached hydrogen (secondary N) is 1. The van der Waals surface area contributed by atoms with E-state index in [4.69, 9.17) is 5.11 Å². The number of alkyl halides is 2. The van der Waals surface area contributed by atoms with Crippen molar-refractivity contribution >= 4 is 17.7 Å². The number of carboxylic acids is 1. The van der Waals surface area contributed by atoms with E-state index >= 15 is 0 Å². The number of aromatic carboxylic acids is 1. The average molecular weight is 217 g/mol. The number of rotatable bonds is 3. The molecule has 0 aromatic carbocycles. The third kappa shape index (κ3) is 2.66. The number of anilines is 1. The van der Waals surface area contributed by atoms with Gasteiger partial charge in [-0.1, -0.05) is 0 Å². The molecule has 0 aliphatic heterocycles. The number of amides is 1. The number of hydrogen-bond donors (Lipinski definition) is 2. The molecule has 6 nitrogen and oxygen atoms in total. The van der Waals surface area contributed by atoms with Gasteiger partial charge in [0.25, 0.3) is 5.91 Å². The summed E-state index contributed by atoms with van der Waals surface area (Å²) in [5, 5.41) is 10.2. The molecule has 15 heavy (non-hydrogen) atoms. The number of carbonyl (C=O) groups excluding carboxylic acids is 1. The number of halogens is 2. The van der Waals surface area contributed by atoms with Crippen molar-refractivity contribution in [1.82, 2.24) is 9.97 Å². The highest BCUT2D eigenvalue weighted by Crippen LogP contribution is 2.09. The van der Waals surface area contributed by atoms with Gasteiger partial charge in [-0.25, -0.2) is 14.8 Å². The number of carbonyl (C=O) groups is 2. The topological polar surface area (TPSA) is 92.2 Å². The first kappa shape index (κ1) is 11.0. The summed E-state index contributed by atoms with van der Waals surface area (Å²) in [5.74, 6) is -3.60. The SMILES string of the molecule is O=C(O)c1nccnc1NC(=O)C(F)F. The van der Waals surface area contributed by atoms with Crippen molar-refractivity contribution in [3.63, 3.8) is 0 Å². The van der Waals surface area contributed by atoms with E-state index in [9.17, 15) is 18.4 Å². The second kappa shape index (κ2) is 4.40. The van der Waals surface area contributed by atoms with Gasteiger partial charge in [0, 0.05) is 12.4 Å². The molecular formula is C7H5F2N3O3. The summed E-state index contributed by atoms with van der Waals surface area (Å²) in [6, 6.07) is 0. The lowest BCUT2D eigenvalue weighted by atomic mass is 10.4. The van der Waals surface area contributed by atoms with E-state index in [1.54, 1.807) is 5.32 Å². The minimum absolute atomic E-state index is 0.504. The van der Waals surface area contributed by atoms with Crippen molar-refractivity contribution in [3.8, 4) is 0 Å². The molecular weight excluding hydrogens is 212 g/mol. The molecule has 1 amide bonds. The summed E-state index contributed by atoms with van der Waals surface area (Å²) in [6.07, 6.45) is -1.09. The Morgan fingerprint density at radius 2 is 1.93 bits per heavy atom. The predicted octanol–water partition coefficient (Wildman–Crippen LogP) is 0.378. The Balaban J connectivity index is 2.94. The van der Waals surface area contributed by atoms with Gasteiger partial charge >= 0.3 is 12.4 Å². The number of hydrogen-bond acceptors (Lipinski definition) is 4. The van der Waals surface area contributed by atoms with Gasteiger partial charge in [0.15, 0.2) is 11.5 Å². The number of aromatic nitrogens is 2. The van der Waals surface area contributed by atoms with E-state index in [0.29, 0.717) is 0 Å². The molecule has 1 aromatic heterocycles.